The molecule has 0 saturated carbocycles. The summed E-state index contributed by atoms with van der Waals surface area (Å²) in [6, 6.07) is 0. The number of hydrogen-bond donors (Lipinski definition) is 2. The number of amides is 1. The first-order valence-electron chi connectivity index (χ1n) is 6.08. The minimum atomic E-state index is -2.92. The van der Waals surface area contributed by atoms with Crippen molar-refractivity contribution in [2.24, 2.45) is 5.92 Å². The minimum absolute atomic E-state index is 0.0611. The number of carboxylic acids is 1. The van der Waals surface area contributed by atoms with Crippen LogP contribution in [0.1, 0.15) is 32.1 Å². The molecule has 1 amide bonds. The zero-order valence-electron chi connectivity index (χ0n) is 10.2. The number of nitrogens with one attached hydrogen (secondary N) is 1. The molecule has 104 valence electrons. The van der Waals surface area contributed by atoms with Crippen LogP contribution in [0.4, 0.5) is 0 Å². The maximum atomic E-state index is 11.5. The van der Waals surface area contributed by atoms with Gasteiger partial charge in [0.15, 0.2) is 9.84 Å². The van der Waals surface area contributed by atoms with Crippen molar-refractivity contribution < 1.29 is 23.1 Å². The summed E-state index contributed by atoms with van der Waals surface area (Å²) in [6.45, 7) is 0.450. The maximum Gasteiger partial charge on any atom is 0.303 e. The highest BCUT2D eigenvalue weighted by Gasteiger charge is 2.29. The van der Waals surface area contributed by atoms with E-state index in [1.54, 1.807) is 0 Å². The lowest BCUT2D eigenvalue weighted by Gasteiger charge is -2.08. The first kappa shape index (κ1) is 14.9. The smallest absolute Gasteiger partial charge is 0.303 e. The number of rotatable bonds is 7. The first-order chi connectivity index (χ1) is 8.39. The van der Waals surface area contributed by atoms with E-state index in [-0.39, 0.29) is 36.2 Å². The van der Waals surface area contributed by atoms with Gasteiger partial charge in [-0.1, -0.05) is 0 Å². The molecule has 0 radical (unpaired) electrons. The van der Waals surface area contributed by atoms with Gasteiger partial charge in [-0.05, 0) is 25.2 Å². The van der Waals surface area contributed by atoms with E-state index >= 15 is 0 Å². The molecule has 18 heavy (non-hydrogen) atoms. The van der Waals surface area contributed by atoms with E-state index < -0.39 is 15.8 Å². The molecular weight excluding hydrogens is 258 g/mol. The SMILES string of the molecule is O=C(O)CCCCNC(=O)CC1CCS(=O)(=O)C1. The molecule has 1 atom stereocenters. The van der Waals surface area contributed by atoms with Crippen molar-refractivity contribution in [2.45, 2.75) is 32.1 Å². The average Bonchev–Trinajstić information content (AvgIpc) is 2.57. The van der Waals surface area contributed by atoms with Gasteiger partial charge in [0, 0.05) is 19.4 Å². The summed E-state index contributed by atoms with van der Waals surface area (Å²) < 4.78 is 22.4. The van der Waals surface area contributed by atoms with Crippen molar-refractivity contribution in [3.63, 3.8) is 0 Å². The number of carbonyl (C=O) groups excluding carboxylic acids is 1. The van der Waals surface area contributed by atoms with Gasteiger partial charge in [-0.3, -0.25) is 9.59 Å². The molecule has 1 aliphatic rings. The van der Waals surface area contributed by atoms with E-state index in [4.69, 9.17) is 5.11 Å². The summed E-state index contributed by atoms with van der Waals surface area (Å²) >= 11 is 0. The van der Waals surface area contributed by atoms with Gasteiger partial charge >= 0.3 is 5.97 Å². The zero-order chi connectivity index (χ0) is 13.6. The third-order valence-electron chi connectivity index (χ3n) is 2.94. The summed E-state index contributed by atoms with van der Waals surface area (Å²) in [5.41, 5.74) is 0. The van der Waals surface area contributed by atoms with Crippen LogP contribution < -0.4 is 5.32 Å². The van der Waals surface area contributed by atoms with E-state index in [0.29, 0.717) is 25.8 Å². The van der Waals surface area contributed by atoms with Gasteiger partial charge in [0.25, 0.3) is 0 Å². The Morgan fingerprint density at radius 3 is 2.56 bits per heavy atom. The third-order valence-corrected chi connectivity index (χ3v) is 4.78. The van der Waals surface area contributed by atoms with E-state index in [1.165, 1.54) is 0 Å². The fourth-order valence-electron chi connectivity index (χ4n) is 2.00. The van der Waals surface area contributed by atoms with Crippen molar-refractivity contribution in [3.8, 4) is 0 Å². The van der Waals surface area contributed by atoms with Gasteiger partial charge in [0.2, 0.25) is 5.91 Å². The average molecular weight is 277 g/mol. The first-order valence-corrected chi connectivity index (χ1v) is 7.90. The number of carbonyl (C=O) groups is 2. The normalized spacial score (nSPS) is 21.7. The van der Waals surface area contributed by atoms with E-state index in [0.717, 1.165) is 0 Å². The number of unbranched alkanes of at least 4 members (excludes halogenated alkanes) is 1. The number of aliphatic carboxylic acids is 1. The molecule has 0 spiro atoms. The van der Waals surface area contributed by atoms with Gasteiger partial charge in [-0.25, -0.2) is 8.42 Å². The lowest BCUT2D eigenvalue weighted by atomic mass is 10.1. The summed E-state index contributed by atoms with van der Waals surface area (Å²) in [7, 11) is -2.92. The minimum Gasteiger partial charge on any atom is -0.481 e. The highest BCUT2D eigenvalue weighted by molar-refractivity contribution is 7.91. The maximum absolute atomic E-state index is 11.5. The van der Waals surface area contributed by atoms with Gasteiger partial charge < -0.3 is 10.4 Å². The monoisotopic (exact) mass is 277 g/mol. The largest absolute Gasteiger partial charge is 0.481 e. The van der Waals surface area contributed by atoms with Crippen molar-refractivity contribution in [2.75, 3.05) is 18.1 Å². The highest BCUT2D eigenvalue weighted by Crippen LogP contribution is 2.21. The quantitative estimate of drug-likeness (QED) is 0.647. The van der Waals surface area contributed by atoms with E-state index in [1.807, 2.05) is 0 Å². The van der Waals surface area contributed by atoms with Crippen molar-refractivity contribution in [1.29, 1.82) is 0 Å². The predicted molar refractivity (Wildman–Crippen MR) is 65.9 cm³/mol. The lowest BCUT2D eigenvalue weighted by molar-refractivity contribution is -0.137. The standard InChI is InChI=1S/C11H19NO5S/c13-10(12-5-2-1-3-11(14)15)7-9-4-6-18(16,17)8-9/h9H,1-8H2,(H,12,13)(H,14,15). The van der Waals surface area contributed by atoms with Crippen LogP contribution in [0, 0.1) is 5.92 Å². The van der Waals surface area contributed by atoms with E-state index in [9.17, 15) is 18.0 Å². The molecule has 0 aromatic heterocycles. The second-order valence-corrected chi connectivity index (χ2v) is 6.90. The molecule has 0 aromatic rings. The lowest BCUT2D eigenvalue weighted by Crippen LogP contribution is -2.27. The molecule has 1 rings (SSSR count). The van der Waals surface area contributed by atoms with Crippen LogP contribution in [0.5, 0.6) is 0 Å². The molecule has 1 saturated heterocycles. The van der Waals surface area contributed by atoms with Gasteiger partial charge in [-0.2, -0.15) is 0 Å². The van der Waals surface area contributed by atoms with Crippen molar-refractivity contribution in [1.82, 2.24) is 5.32 Å². The Hall–Kier alpha value is -1.11. The van der Waals surface area contributed by atoms with Crippen LogP contribution in [-0.2, 0) is 19.4 Å². The summed E-state index contributed by atoms with van der Waals surface area (Å²) in [4.78, 5) is 21.7. The van der Waals surface area contributed by atoms with Gasteiger partial charge in [0.05, 0.1) is 11.5 Å². The van der Waals surface area contributed by atoms with Crippen LogP contribution in [0.3, 0.4) is 0 Å². The van der Waals surface area contributed by atoms with Gasteiger partial charge in [-0.15, -0.1) is 0 Å². The summed E-state index contributed by atoms with van der Waals surface area (Å²) in [6.07, 6.45) is 2.08. The molecule has 1 unspecified atom stereocenters. The van der Waals surface area contributed by atoms with Crippen LogP contribution in [0.15, 0.2) is 0 Å². The third kappa shape index (κ3) is 6.00. The Bertz CT molecular complexity index is 404. The molecule has 0 aliphatic carbocycles. The molecule has 1 aliphatic heterocycles. The molecular formula is C11H19NO5S. The highest BCUT2D eigenvalue weighted by atomic mass is 32.2. The van der Waals surface area contributed by atoms with Crippen LogP contribution >= 0.6 is 0 Å². The number of carboxylic acid groups (broad SMARTS) is 1. The second-order valence-electron chi connectivity index (χ2n) is 4.67. The molecule has 1 heterocycles. The predicted octanol–water partition coefficient (Wildman–Crippen LogP) is 0.182. The fourth-order valence-corrected chi connectivity index (χ4v) is 3.86. The Morgan fingerprint density at radius 1 is 1.28 bits per heavy atom. The van der Waals surface area contributed by atoms with Crippen LogP contribution in [0.2, 0.25) is 0 Å². The summed E-state index contributed by atoms with van der Waals surface area (Å²) in [5.74, 6) is -0.748. The Kier molecular flexibility index (Phi) is 5.58. The molecule has 2 N–H and O–H groups in total. The van der Waals surface area contributed by atoms with Gasteiger partial charge in [0.1, 0.15) is 0 Å². The van der Waals surface area contributed by atoms with Crippen LogP contribution in [0.25, 0.3) is 0 Å². The molecule has 0 aromatic carbocycles. The molecule has 7 heteroatoms. The Morgan fingerprint density at radius 2 is 2.00 bits per heavy atom. The summed E-state index contributed by atoms with van der Waals surface area (Å²) in [5, 5.41) is 11.1. The number of hydrogen-bond acceptors (Lipinski definition) is 4. The Balaban J connectivity index is 2.09. The fraction of sp³-hybridized carbons (Fsp3) is 0.818. The topological polar surface area (TPSA) is 101 Å². The van der Waals surface area contributed by atoms with Crippen molar-refractivity contribution in [3.05, 3.63) is 0 Å². The van der Waals surface area contributed by atoms with E-state index in [2.05, 4.69) is 5.32 Å². The molecule has 6 nitrogen and oxygen atoms in total. The number of sulfone groups is 1. The second kappa shape index (κ2) is 6.72. The molecule has 0 bridgehead atoms. The Labute approximate surface area is 107 Å². The van der Waals surface area contributed by atoms with Crippen LogP contribution in [-0.4, -0.2) is 43.5 Å². The zero-order valence-corrected chi connectivity index (χ0v) is 11.0. The van der Waals surface area contributed by atoms with Crippen molar-refractivity contribution >= 4 is 21.7 Å². The molecule has 1 fully saturated rings.